The molecule has 0 radical (unpaired) electrons. The fraction of sp³-hybridized carbons (Fsp3) is 0.316. The van der Waals surface area contributed by atoms with Crippen molar-refractivity contribution in [3.8, 4) is 5.69 Å². The van der Waals surface area contributed by atoms with Crippen molar-refractivity contribution in [1.82, 2.24) is 30.2 Å². The molecule has 2 aromatic heterocycles. The largest absolute Gasteiger partial charge is 0.356 e. The molecule has 7 nitrogen and oxygen atoms in total. The lowest BCUT2D eigenvalue weighted by Gasteiger charge is -2.11. The summed E-state index contributed by atoms with van der Waals surface area (Å²) in [5.41, 5.74) is 2.26. The van der Waals surface area contributed by atoms with E-state index in [0.717, 1.165) is 44.1 Å². The van der Waals surface area contributed by atoms with Crippen LogP contribution in [0.2, 0.25) is 0 Å². The molecule has 3 aromatic rings. The first-order valence-corrected chi connectivity index (χ1v) is 8.86. The molecule has 8 heteroatoms. The van der Waals surface area contributed by atoms with Gasteiger partial charge in [-0.15, -0.1) is 24.0 Å². The maximum atomic E-state index is 4.42. The van der Waals surface area contributed by atoms with Crippen molar-refractivity contribution in [3.63, 3.8) is 0 Å². The van der Waals surface area contributed by atoms with Crippen molar-refractivity contribution < 1.29 is 0 Å². The Morgan fingerprint density at radius 3 is 2.63 bits per heavy atom. The molecule has 0 aliphatic heterocycles. The molecule has 2 heterocycles. The topological polar surface area (TPSA) is 72.1 Å². The molecule has 0 bridgehead atoms. The number of nitrogens with zero attached hydrogens (tertiary/aromatic N) is 5. The SMILES string of the molecule is CN=C(NCCCn1cccn1)NCCc1cnn(-c2ccccc2)c1.I. The lowest BCUT2D eigenvalue weighted by atomic mass is 10.2. The molecule has 0 aliphatic carbocycles. The molecule has 1 aromatic carbocycles. The van der Waals surface area contributed by atoms with Gasteiger partial charge in [-0.2, -0.15) is 10.2 Å². The van der Waals surface area contributed by atoms with Gasteiger partial charge in [0.15, 0.2) is 5.96 Å². The Labute approximate surface area is 176 Å². The van der Waals surface area contributed by atoms with Gasteiger partial charge in [-0.05, 0) is 36.6 Å². The fourth-order valence-electron chi connectivity index (χ4n) is 2.64. The van der Waals surface area contributed by atoms with Crippen molar-refractivity contribution in [2.24, 2.45) is 4.99 Å². The lowest BCUT2D eigenvalue weighted by molar-refractivity contribution is 0.570. The summed E-state index contributed by atoms with van der Waals surface area (Å²) in [5.74, 6) is 0.820. The van der Waals surface area contributed by atoms with Crippen LogP contribution in [0.15, 0.2) is 66.2 Å². The number of guanidine groups is 1. The molecule has 27 heavy (non-hydrogen) atoms. The summed E-state index contributed by atoms with van der Waals surface area (Å²) in [7, 11) is 1.79. The number of rotatable bonds is 8. The van der Waals surface area contributed by atoms with Crippen LogP contribution in [0.4, 0.5) is 0 Å². The normalized spacial score (nSPS) is 11.1. The molecule has 0 atom stereocenters. The molecule has 0 fully saturated rings. The van der Waals surface area contributed by atoms with Crippen LogP contribution >= 0.6 is 24.0 Å². The second kappa shape index (κ2) is 11.4. The Morgan fingerprint density at radius 2 is 1.89 bits per heavy atom. The third kappa shape index (κ3) is 6.70. The van der Waals surface area contributed by atoms with Gasteiger partial charge in [0.2, 0.25) is 0 Å². The Balaban J connectivity index is 0.00000261. The van der Waals surface area contributed by atoms with Crippen LogP contribution in [0.1, 0.15) is 12.0 Å². The summed E-state index contributed by atoms with van der Waals surface area (Å²) in [5, 5.41) is 15.3. The molecule has 144 valence electrons. The average Bonchev–Trinajstić information content (AvgIpc) is 3.36. The number of aromatic nitrogens is 4. The van der Waals surface area contributed by atoms with E-state index in [1.54, 1.807) is 13.2 Å². The summed E-state index contributed by atoms with van der Waals surface area (Å²) in [6, 6.07) is 12.1. The molecular weight excluding hydrogens is 453 g/mol. The molecule has 0 amide bonds. The minimum absolute atomic E-state index is 0. The van der Waals surface area contributed by atoms with E-state index in [9.17, 15) is 0 Å². The molecular formula is C19H26IN7. The Kier molecular flexibility index (Phi) is 8.82. The van der Waals surface area contributed by atoms with Crippen molar-refractivity contribution in [3.05, 3.63) is 66.7 Å². The number of benzene rings is 1. The Morgan fingerprint density at radius 1 is 1.07 bits per heavy atom. The van der Waals surface area contributed by atoms with Gasteiger partial charge in [0.25, 0.3) is 0 Å². The smallest absolute Gasteiger partial charge is 0.190 e. The van der Waals surface area contributed by atoms with Crippen molar-refractivity contribution in [2.45, 2.75) is 19.4 Å². The maximum absolute atomic E-state index is 4.42. The summed E-state index contributed by atoms with van der Waals surface area (Å²) in [6.45, 7) is 2.56. The summed E-state index contributed by atoms with van der Waals surface area (Å²) in [4.78, 5) is 4.26. The van der Waals surface area contributed by atoms with E-state index in [1.165, 1.54) is 5.56 Å². The van der Waals surface area contributed by atoms with Crippen LogP contribution in [-0.2, 0) is 13.0 Å². The summed E-state index contributed by atoms with van der Waals surface area (Å²) < 4.78 is 3.83. The second-order valence-electron chi connectivity index (χ2n) is 5.93. The van der Waals surface area contributed by atoms with E-state index in [1.807, 2.05) is 58.2 Å². The number of nitrogens with one attached hydrogen (secondary N) is 2. The van der Waals surface area contributed by atoms with Crippen molar-refractivity contribution in [2.75, 3.05) is 20.1 Å². The number of hydrogen-bond acceptors (Lipinski definition) is 3. The zero-order valence-corrected chi connectivity index (χ0v) is 17.8. The highest BCUT2D eigenvalue weighted by Crippen LogP contribution is 2.07. The molecule has 0 unspecified atom stereocenters. The number of aliphatic imine (C=N–C) groups is 1. The van der Waals surface area contributed by atoms with Gasteiger partial charge >= 0.3 is 0 Å². The molecule has 3 rings (SSSR count). The molecule has 0 spiro atoms. The van der Waals surface area contributed by atoms with Crippen molar-refractivity contribution >= 4 is 29.9 Å². The van der Waals surface area contributed by atoms with Crippen molar-refractivity contribution in [1.29, 1.82) is 0 Å². The van der Waals surface area contributed by atoms with Crippen LogP contribution in [0, 0.1) is 0 Å². The highest BCUT2D eigenvalue weighted by Gasteiger charge is 2.02. The first kappa shape index (κ1) is 20.9. The van der Waals surface area contributed by atoms with Gasteiger partial charge in [0.1, 0.15) is 0 Å². The average molecular weight is 479 g/mol. The highest BCUT2D eigenvalue weighted by atomic mass is 127. The second-order valence-corrected chi connectivity index (χ2v) is 5.93. The van der Waals surface area contributed by atoms with Crippen LogP contribution in [-0.4, -0.2) is 45.7 Å². The monoisotopic (exact) mass is 479 g/mol. The number of para-hydroxylation sites is 1. The third-order valence-electron chi connectivity index (χ3n) is 4.00. The van der Waals surface area contributed by atoms with E-state index in [4.69, 9.17) is 0 Å². The quantitative estimate of drug-likeness (QED) is 0.226. The molecule has 0 saturated heterocycles. The van der Waals surface area contributed by atoms with E-state index in [0.29, 0.717) is 0 Å². The van der Waals surface area contributed by atoms with Gasteiger partial charge in [-0.3, -0.25) is 9.67 Å². The lowest BCUT2D eigenvalue weighted by Crippen LogP contribution is -2.38. The van der Waals surface area contributed by atoms with Crippen LogP contribution in [0.25, 0.3) is 5.69 Å². The predicted molar refractivity (Wildman–Crippen MR) is 119 cm³/mol. The van der Waals surface area contributed by atoms with Crippen LogP contribution < -0.4 is 10.6 Å². The van der Waals surface area contributed by atoms with E-state index in [-0.39, 0.29) is 24.0 Å². The van der Waals surface area contributed by atoms with Gasteiger partial charge in [-0.1, -0.05) is 18.2 Å². The van der Waals surface area contributed by atoms with Crippen LogP contribution in [0.3, 0.4) is 0 Å². The van der Waals surface area contributed by atoms with Gasteiger partial charge < -0.3 is 10.6 Å². The molecule has 2 N–H and O–H groups in total. The Hall–Kier alpha value is -2.36. The summed E-state index contributed by atoms with van der Waals surface area (Å²) >= 11 is 0. The minimum Gasteiger partial charge on any atom is -0.356 e. The third-order valence-corrected chi connectivity index (χ3v) is 4.00. The summed E-state index contributed by atoms with van der Waals surface area (Å²) in [6.07, 6.45) is 9.63. The Bertz CT molecular complexity index is 797. The standard InChI is InChI=1S/C19H25N7.HI/c1-20-19(21-10-5-13-25-14-6-11-23-25)22-12-9-17-15-24-26(16-17)18-7-3-2-4-8-18;/h2-4,6-8,11,14-16H,5,9-10,12-13H2,1H3,(H2,20,21,22);1H. The number of halogens is 1. The minimum atomic E-state index is 0. The number of hydrogen-bond donors (Lipinski definition) is 2. The fourth-order valence-corrected chi connectivity index (χ4v) is 2.64. The van der Waals surface area contributed by atoms with E-state index in [2.05, 4.69) is 32.0 Å². The first-order chi connectivity index (χ1) is 12.8. The predicted octanol–water partition coefficient (Wildman–Crippen LogP) is 2.48. The van der Waals surface area contributed by atoms with E-state index < -0.39 is 0 Å². The maximum Gasteiger partial charge on any atom is 0.190 e. The van der Waals surface area contributed by atoms with Gasteiger partial charge in [-0.25, -0.2) is 4.68 Å². The first-order valence-electron chi connectivity index (χ1n) is 8.86. The zero-order valence-electron chi connectivity index (χ0n) is 15.5. The molecule has 0 aliphatic rings. The zero-order chi connectivity index (χ0) is 18.0. The van der Waals surface area contributed by atoms with Gasteiger partial charge in [0.05, 0.1) is 11.9 Å². The van der Waals surface area contributed by atoms with Crippen LogP contribution in [0.5, 0.6) is 0 Å². The molecule has 0 saturated carbocycles. The van der Waals surface area contributed by atoms with E-state index >= 15 is 0 Å². The highest BCUT2D eigenvalue weighted by molar-refractivity contribution is 14.0. The number of aryl methyl sites for hydroxylation is 1. The van der Waals surface area contributed by atoms with Gasteiger partial charge in [0, 0.05) is 45.3 Å².